The van der Waals surface area contributed by atoms with Crippen LogP contribution in [0.25, 0.3) is 0 Å². The van der Waals surface area contributed by atoms with Gasteiger partial charge in [0.1, 0.15) is 6.04 Å². The molecule has 8 nitrogen and oxygen atoms in total. The van der Waals surface area contributed by atoms with E-state index in [4.69, 9.17) is 0 Å². The molecule has 3 aliphatic rings. The predicted molar refractivity (Wildman–Crippen MR) is 111 cm³/mol. The van der Waals surface area contributed by atoms with Crippen molar-refractivity contribution in [1.82, 2.24) is 15.1 Å². The molecule has 0 radical (unpaired) electrons. The largest absolute Gasteiger partial charge is 0.353 e. The minimum Gasteiger partial charge on any atom is -0.353 e. The van der Waals surface area contributed by atoms with Crippen LogP contribution in [0.4, 0.5) is 10.5 Å². The Morgan fingerprint density at radius 3 is 2.30 bits per heavy atom. The number of nitrogens with one attached hydrogen (secondary N) is 1. The van der Waals surface area contributed by atoms with Crippen LogP contribution in [-0.4, -0.2) is 65.3 Å². The number of benzene rings is 1. The number of piperidine rings is 2. The molecule has 0 bridgehead atoms. The van der Waals surface area contributed by atoms with Gasteiger partial charge >= 0.3 is 6.03 Å². The van der Waals surface area contributed by atoms with Crippen LogP contribution in [0, 0.1) is 12.8 Å². The van der Waals surface area contributed by atoms with Gasteiger partial charge in [0.05, 0.1) is 5.69 Å². The third-order valence-corrected chi connectivity index (χ3v) is 6.49. The van der Waals surface area contributed by atoms with Gasteiger partial charge in [0.25, 0.3) is 5.91 Å². The summed E-state index contributed by atoms with van der Waals surface area (Å²) in [6.45, 7) is 5.16. The van der Waals surface area contributed by atoms with Crippen molar-refractivity contribution in [2.75, 3.05) is 24.5 Å². The normalized spacial score (nSPS) is 24.8. The van der Waals surface area contributed by atoms with Gasteiger partial charge in [-0.05, 0) is 44.7 Å². The van der Waals surface area contributed by atoms with Crippen molar-refractivity contribution in [3.05, 3.63) is 29.8 Å². The Kier molecular flexibility index (Phi) is 5.49. The lowest BCUT2D eigenvalue weighted by Gasteiger charge is -2.35. The highest BCUT2D eigenvalue weighted by Crippen LogP contribution is 2.31. The van der Waals surface area contributed by atoms with Gasteiger partial charge in [0.2, 0.25) is 11.8 Å². The molecule has 0 aliphatic carbocycles. The summed E-state index contributed by atoms with van der Waals surface area (Å²) in [5.41, 5.74) is 1.65. The van der Waals surface area contributed by atoms with Crippen LogP contribution in [0.15, 0.2) is 24.3 Å². The van der Waals surface area contributed by atoms with Crippen molar-refractivity contribution in [3.8, 4) is 0 Å². The Morgan fingerprint density at radius 1 is 1.00 bits per heavy atom. The van der Waals surface area contributed by atoms with E-state index in [-0.39, 0.29) is 35.7 Å². The smallest absolute Gasteiger partial charge is 0.332 e. The summed E-state index contributed by atoms with van der Waals surface area (Å²) in [7, 11) is 0. The van der Waals surface area contributed by atoms with Crippen LogP contribution in [0.2, 0.25) is 0 Å². The maximum atomic E-state index is 13.0. The summed E-state index contributed by atoms with van der Waals surface area (Å²) in [6, 6.07) is 6.40. The molecule has 1 aromatic rings. The van der Waals surface area contributed by atoms with Crippen molar-refractivity contribution in [2.45, 2.75) is 51.6 Å². The Hall–Kier alpha value is -2.90. The second-order valence-corrected chi connectivity index (χ2v) is 8.51. The van der Waals surface area contributed by atoms with Crippen LogP contribution in [-0.2, 0) is 14.4 Å². The zero-order valence-corrected chi connectivity index (χ0v) is 17.5. The summed E-state index contributed by atoms with van der Waals surface area (Å²) < 4.78 is 0. The van der Waals surface area contributed by atoms with Crippen molar-refractivity contribution < 1.29 is 19.2 Å². The fourth-order valence-corrected chi connectivity index (χ4v) is 4.64. The number of carbonyl (C=O) groups is 4. The first-order chi connectivity index (χ1) is 14.3. The van der Waals surface area contributed by atoms with E-state index in [0.29, 0.717) is 51.0 Å². The molecule has 3 aliphatic heterocycles. The predicted octanol–water partition coefficient (Wildman–Crippen LogP) is 1.67. The quantitative estimate of drug-likeness (QED) is 0.765. The molecule has 4 rings (SSSR count). The number of nitrogens with zero attached hydrogens (tertiary/aromatic N) is 3. The number of imide groups is 1. The SMILES string of the molecule is CC(=O)N1CCC(C(=O)N[C@H]2CCN3C(=O)N(c4ccc(C)cc4)C(=O)[C@H]3C2)CC1. The molecule has 3 fully saturated rings. The Balaban J connectivity index is 1.37. The molecular formula is C22H28N4O4. The van der Waals surface area contributed by atoms with Gasteiger partial charge in [-0.15, -0.1) is 0 Å². The number of carbonyl (C=O) groups excluding carboxylic acids is 4. The zero-order chi connectivity index (χ0) is 21.4. The van der Waals surface area contributed by atoms with Gasteiger partial charge in [-0.2, -0.15) is 0 Å². The van der Waals surface area contributed by atoms with Crippen molar-refractivity contribution in [3.63, 3.8) is 0 Å². The molecule has 0 unspecified atom stereocenters. The molecule has 160 valence electrons. The van der Waals surface area contributed by atoms with E-state index < -0.39 is 6.04 Å². The maximum Gasteiger partial charge on any atom is 0.332 e. The van der Waals surface area contributed by atoms with E-state index in [9.17, 15) is 19.2 Å². The van der Waals surface area contributed by atoms with Crippen molar-refractivity contribution >= 4 is 29.4 Å². The molecule has 0 spiro atoms. The van der Waals surface area contributed by atoms with Gasteiger partial charge in [-0.25, -0.2) is 9.69 Å². The third kappa shape index (κ3) is 3.78. The van der Waals surface area contributed by atoms with E-state index in [1.165, 1.54) is 4.90 Å². The summed E-state index contributed by atoms with van der Waals surface area (Å²) >= 11 is 0. The highest BCUT2D eigenvalue weighted by molar-refractivity contribution is 6.21. The molecule has 3 heterocycles. The van der Waals surface area contributed by atoms with E-state index in [2.05, 4.69) is 5.32 Å². The number of anilines is 1. The molecule has 0 aromatic heterocycles. The average Bonchev–Trinajstić information content (AvgIpc) is 2.98. The van der Waals surface area contributed by atoms with Gasteiger partial charge in [0.15, 0.2) is 0 Å². The zero-order valence-electron chi connectivity index (χ0n) is 17.5. The summed E-state index contributed by atoms with van der Waals surface area (Å²) in [5, 5.41) is 3.09. The van der Waals surface area contributed by atoms with Crippen LogP contribution in [0.1, 0.15) is 38.2 Å². The van der Waals surface area contributed by atoms with Crippen LogP contribution in [0.3, 0.4) is 0 Å². The van der Waals surface area contributed by atoms with E-state index >= 15 is 0 Å². The summed E-state index contributed by atoms with van der Waals surface area (Å²) in [4.78, 5) is 54.6. The topological polar surface area (TPSA) is 90.0 Å². The van der Waals surface area contributed by atoms with Crippen LogP contribution in [0.5, 0.6) is 0 Å². The van der Waals surface area contributed by atoms with E-state index in [0.717, 1.165) is 5.56 Å². The lowest BCUT2D eigenvalue weighted by Crippen LogP contribution is -2.51. The van der Waals surface area contributed by atoms with Crippen LogP contribution >= 0.6 is 0 Å². The second-order valence-electron chi connectivity index (χ2n) is 8.51. The number of amides is 5. The highest BCUT2D eigenvalue weighted by atomic mass is 16.2. The Labute approximate surface area is 176 Å². The molecule has 1 N–H and O–H groups in total. The van der Waals surface area contributed by atoms with E-state index in [1.807, 2.05) is 19.1 Å². The van der Waals surface area contributed by atoms with Gasteiger partial charge in [0, 0.05) is 38.5 Å². The monoisotopic (exact) mass is 412 g/mol. The van der Waals surface area contributed by atoms with Crippen molar-refractivity contribution in [1.29, 1.82) is 0 Å². The Bertz CT molecular complexity index is 860. The van der Waals surface area contributed by atoms with E-state index in [1.54, 1.807) is 28.9 Å². The first kappa shape index (κ1) is 20.4. The Morgan fingerprint density at radius 2 is 1.67 bits per heavy atom. The standard InChI is InChI=1S/C22H28N4O4/c1-14-3-5-18(6-4-14)26-21(29)19-13-17(9-12-25(19)22(26)30)23-20(28)16-7-10-24(11-8-16)15(2)27/h3-6,16-17,19H,7-13H2,1-2H3,(H,23,28)/t17-,19+/m0/s1. The molecule has 5 amide bonds. The number of hydrogen-bond acceptors (Lipinski definition) is 4. The summed E-state index contributed by atoms with van der Waals surface area (Å²) in [5.74, 6) is -0.297. The lowest BCUT2D eigenvalue weighted by atomic mass is 9.93. The average molecular weight is 412 g/mol. The molecule has 2 atom stereocenters. The first-order valence-electron chi connectivity index (χ1n) is 10.6. The van der Waals surface area contributed by atoms with Gasteiger partial charge in [-0.1, -0.05) is 17.7 Å². The molecule has 8 heteroatoms. The lowest BCUT2D eigenvalue weighted by molar-refractivity contribution is -0.134. The summed E-state index contributed by atoms with van der Waals surface area (Å²) in [6.07, 6.45) is 2.39. The number of aryl methyl sites for hydroxylation is 1. The fraction of sp³-hybridized carbons (Fsp3) is 0.545. The molecular weight excluding hydrogens is 384 g/mol. The number of rotatable bonds is 3. The van der Waals surface area contributed by atoms with Crippen molar-refractivity contribution in [2.24, 2.45) is 5.92 Å². The molecule has 3 saturated heterocycles. The minimum atomic E-state index is -0.530. The fourth-order valence-electron chi connectivity index (χ4n) is 4.64. The number of likely N-dealkylation sites (tertiary alicyclic amines) is 1. The van der Waals surface area contributed by atoms with Gasteiger partial charge in [-0.3, -0.25) is 14.4 Å². The third-order valence-electron chi connectivity index (χ3n) is 6.49. The molecule has 30 heavy (non-hydrogen) atoms. The minimum absolute atomic E-state index is 0.0104. The van der Waals surface area contributed by atoms with Gasteiger partial charge < -0.3 is 15.1 Å². The molecule has 1 aromatic carbocycles. The number of urea groups is 1. The maximum absolute atomic E-state index is 13.0. The highest BCUT2D eigenvalue weighted by Gasteiger charge is 2.48. The first-order valence-corrected chi connectivity index (χ1v) is 10.6. The number of hydrogen-bond donors (Lipinski definition) is 1. The second kappa shape index (κ2) is 8.08. The number of fused-ring (bicyclic) bond motifs is 1. The molecule has 0 saturated carbocycles. The van der Waals surface area contributed by atoms with Crippen LogP contribution < -0.4 is 10.2 Å².